The first kappa shape index (κ1) is 29.8. The van der Waals surface area contributed by atoms with Crippen LogP contribution >= 0.6 is 0 Å². The molecule has 0 heterocycles. The molecule has 3 amide bonds. The number of hydrogen-bond donors (Lipinski definition) is 2. The van der Waals surface area contributed by atoms with Crippen molar-refractivity contribution in [2.45, 2.75) is 90.6 Å². The van der Waals surface area contributed by atoms with Gasteiger partial charge in [-0.2, -0.15) is 0 Å². The Morgan fingerprint density at radius 1 is 1.03 bits per heavy atom. The Labute approximate surface area is 232 Å². The average molecular weight is 532 g/mol. The molecule has 2 aromatic carbocycles. The van der Waals surface area contributed by atoms with E-state index in [9.17, 15) is 14.4 Å². The molecule has 1 aliphatic rings. The third-order valence-electron chi connectivity index (χ3n) is 6.39. The lowest BCUT2D eigenvalue weighted by Gasteiger charge is -2.37. The molecule has 208 valence electrons. The number of terminal acetylenes is 1. The number of alkyl carbamates (subject to hydrolysis) is 1. The fourth-order valence-corrected chi connectivity index (χ4v) is 4.57. The minimum absolute atomic E-state index is 0.183. The van der Waals surface area contributed by atoms with Crippen LogP contribution in [0.4, 0.5) is 4.79 Å². The van der Waals surface area contributed by atoms with Crippen molar-refractivity contribution in [3.8, 4) is 12.3 Å². The van der Waals surface area contributed by atoms with Gasteiger partial charge in [-0.15, -0.1) is 6.42 Å². The van der Waals surface area contributed by atoms with Crippen LogP contribution in [0.5, 0.6) is 0 Å². The topological polar surface area (TPSA) is 87.7 Å². The van der Waals surface area contributed by atoms with E-state index in [4.69, 9.17) is 11.2 Å². The number of rotatable bonds is 8. The summed E-state index contributed by atoms with van der Waals surface area (Å²) in [5.74, 6) is 2.18. The van der Waals surface area contributed by atoms with Gasteiger partial charge >= 0.3 is 6.09 Å². The van der Waals surface area contributed by atoms with Crippen molar-refractivity contribution in [1.29, 1.82) is 0 Å². The Morgan fingerprint density at radius 2 is 1.62 bits per heavy atom. The van der Waals surface area contributed by atoms with Gasteiger partial charge in [0.1, 0.15) is 17.7 Å². The summed E-state index contributed by atoms with van der Waals surface area (Å²) in [6.07, 6.45) is 6.13. The lowest BCUT2D eigenvalue weighted by Crippen LogP contribution is -2.56. The zero-order chi connectivity index (χ0) is 29.0. The van der Waals surface area contributed by atoms with Gasteiger partial charge < -0.3 is 20.3 Å². The fraction of sp³-hybridized carbons (Fsp3) is 0.469. The molecule has 0 aromatic heterocycles. The van der Waals surface area contributed by atoms with E-state index in [2.05, 4.69) is 16.6 Å². The normalized spacial score (nSPS) is 18.2. The molecule has 3 rings (SSSR count). The van der Waals surface area contributed by atoms with E-state index in [0.29, 0.717) is 11.1 Å². The summed E-state index contributed by atoms with van der Waals surface area (Å²) in [4.78, 5) is 42.9. The summed E-state index contributed by atoms with van der Waals surface area (Å²) in [5, 5.41) is 5.85. The average Bonchev–Trinajstić information content (AvgIpc) is 3.55. The highest BCUT2D eigenvalue weighted by Gasteiger charge is 2.49. The number of ether oxygens (including phenoxy) is 1. The van der Waals surface area contributed by atoms with Crippen molar-refractivity contribution in [3.05, 3.63) is 71.3 Å². The Bertz CT molecular complexity index is 1220. The second-order valence-electron chi connectivity index (χ2n) is 12.3. The smallest absolute Gasteiger partial charge is 0.408 e. The molecule has 0 bridgehead atoms. The molecule has 1 fully saturated rings. The van der Waals surface area contributed by atoms with E-state index in [1.165, 1.54) is 0 Å². The molecule has 4 atom stereocenters. The molecule has 1 saturated carbocycles. The van der Waals surface area contributed by atoms with Gasteiger partial charge in [0, 0.05) is 23.6 Å². The molecular weight excluding hydrogens is 490 g/mol. The number of carbonyl (C=O) groups excluding carboxylic acids is 3. The van der Waals surface area contributed by atoms with E-state index in [0.717, 1.165) is 12.0 Å². The predicted octanol–water partition coefficient (Wildman–Crippen LogP) is 5.00. The van der Waals surface area contributed by atoms with E-state index in [1.807, 2.05) is 70.2 Å². The van der Waals surface area contributed by atoms with Crippen molar-refractivity contribution < 1.29 is 19.1 Å². The number of benzene rings is 2. The fourth-order valence-electron chi connectivity index (χ4n) is 4.57. The summed E-state index contributed by atoms with van der Waals surface area (Å²) in [6, 6.07) is 14.5. The van der Waals surface area contributed by atoms with Crippen molar-refractivity contribution in [2.75, 3.05) is 0 Å². The maximum Gasteiger partial charge on any atom is 0.408 e. The maximum atomic E-state index is 14.5. The Balaban J connectivity index is 2.09. The van der Waals surface area contributed by atoms with Gasteiger partial charge in [-0.1, -0.05) is 61.4 Å². The van der Waals surface area contributed by atoms with Crippen LogP contribution in [0.2, 0.25) is 0 Å². The van der Waals surface area contributed by atoms with Gasteiger partial charge in [0.05, 0.1) is 0 Å². The summed E-state index contributed by atoms with van der Waals surface area (Å²) in [6.45, 7) is 13.0. The molecule has 39 heavy (non-hydrogen) atoms. The molecule has 0 aliphatic heterocycles. The number of amides is 3. The van der Waals surface area contributed by atoms with Crippen molar-refractivity contribution >= 4 is 17.9 Å². The van der Waals surface area contributed by atoms with Gasteiger partial charge in [0.2, 0.25) is 11.8 Å². The molecule has 0 saturated heterocycles. The molecule has 1 aliphatic carbocycles. The zero-order valence-electron chi connectivity index (χ0n) is 24.1. The standard InChI is InChI=1S/C32H41N3O4/c1-9-23-17-13-14-18-24(23)27(28(36)34-31(3,4)5)35(26-19-21(26)2)29(37)25(20-22-15-11-10-12-16-22)33-30(38)39-32(6,7)8/h1,10-18,21,25-27H,19-20H2,2-8H3,(H,33,38)(H,34,36). The first-order valence-corrected chi connectivity index (χ1v) is 13.4. The highest BCUT2D eigenvalue weighted by atomic mass is 16.6. The highest BCUT2D eigenvalue weighted by Crippen LogP contribution is 2.41. The second kappa shape index (κ2) is 11.9. The largest absolute Gasteiger partial charge is 0.444 e. The number of carbonyl (C=O) groups is 3. The van der Waals surface area contributed by atoms with Crippen molar-refractivity contribution in [3.63, 3.8) is 0 Å². The summed E-state index contributed by atoms with van der Waals surface area (Å²) in [7, 11) is 0. The molecule has 0 spiro atoms. The lowest BCUT2D eigenvalue weighted by atomic mass is 9.95. The molecule has 0 radical (unpaired) electrons. The SMILES string of the molecule is C#Cc1ccccc1C(C(=O)NC(C)(C)C)N(C(=O)C(Cc1ccccc1)NC(=O)OC(C)(C)C)C1CC1C. The van der Waals surface area contributed by atoms with Crippen molar-refractivity contribution in [1.82, 2.24) is 15.5 Å². The molecule has 2 aromatic rings. The predicted molar refractivity (Wildman–Crippen MR) is 153 cm³/mol. The van der Waals surface area contributed by atoms with Gasteiger partial charge in [-0.05, 0) is 71.1 Å². The van der Waals surface area contributed by atoms with Crippen LogP contribution in [0, 0.1) is 18.3 Å². The minimum Gasteiger partial charge on any atom is -0.444 e. The molecule has 2 N–H and O–H groups in total. The third-order valence-corrected chi connectivity index (χ3v) is 6.39. The lowest BCUT2D eigenvalue weighted by molar-refractivity contribution is -0.144. The van der Waals surface area contributed by atoms with Crippen LogP contribution in [-0.4, -0.2) is 46.0 Å². The third kappa shape index (κ3) is 8.35. The quantitative estimate of drug-likeness (QED) is 0.470. The van der Waals surface area contributed by atoms with E-state index < -0.39 is 29.3 Å². The van der Waals surface area contributed by atoms with E-state index >= 15 is 0 Å². The first-order chi connectivity index (χ1) is 18.2. The van der Waals surface area contributed by atoms with Gasteiger partial charge in [-0.3, -0.25) is 9.59 Å². The number of nitrogens with zero attached hydrogens (tertiary/aromatic N) is 1. The van der Waals surface area contributed by atoms with Crippen LogP contribution < -0.4 is 10.6 Å². The maximum absolute atomic E-state index is 14.5. The monoisotopic (exact) mass is 531 g/mol. The van der Waals surface area contributed by atoms with Crippen molar-refractivity contribution in [2.24, 2.45) is 5.92 Å². The van der Waals surface area contributed by atoms with E-state index in [1.54, 1.807) is 37.8 Å². The van der Waals surface area contributed by atoms with Crippen LogP contribution in [0.3, 0.4) is 0 Å². The van der Waals surface area contributed by atoms with Crippen LogP contribution in [-0.2, 0) is 20.7 Å². The number of nitrogens with one attached hydrogen (secondary N) is 2. The zero-order valence-corrected chi connectivity index (χ0v) is 24.1. The van der Waals surface area contributed by atoms with Crippen LogP contribution in [0.25, 0.3) is 0 Å². The number of hydrogen-bond acceptors (Lipinski definition) is 4. The molecule has 4 unspecified atom stereocenters. The molecular formula is C32H41N3O4. The van der Waals surface area contributed by atoms with Gasteiger partial charge in [0.15, 0.2) is 0 Å². The Hall–Kier alpha value is -3.79. The van der Waals surface area contributed by atoms with Gasteiger partial charge in [-0.25, -0.2) is 4.79 Å². The second-order valence-corrected chi connectivity index (χ2v) is 12.3. The molecule has 7 heteroatoms. The van der Waals surface area contributed by atoms with Gasteiger partial charge in [0.25, 0.3) is 0 Å². The first-order valence-electron chi connectivity index (χ1n) is 13.4. The van der Waals surface area contributed by atoms with E-state index in [-0.39, 0.29) is 30.2 Å². The summed E-state index contributed by atoms with van der Waals surface area (Å²) < 4.78 is 5.50. The summed E-state index contributed by atoms with van der Waals surface area (Å²) in [5.41, 5.74) is 0.705. The summed E-state index contributed by atoms with van der Waals surface area (Å²) >= 11 is 0. The van der Waals surface area contributed by atoms with Crippen LogP contribution in [0.1, 0.15) is 77.6 Å². The van der Waals surface area contributed by atoms with Crippen LogP contribution in [0.15, 0.2) is 54.6 Å². The Morgan fingerprint density at radius 3 is 2.15 bits per heavy atom. The Kier molecular flexibility index (Phi) is 9.11. The molecule has 7 nitrogen and oxygen atoms in total. The minimum atomic E-state index is -0.974. The highest BCUT2D eigenvalue weighted by molar-refractivity contribution is 5.93.